The minimum Gasteiger partial charge on any atom is -0.488 e. The Morgan fingerprint density at radius 2 is 1.96 bits per heavy atom. The van der Waals surface area contributed by atoms with E-state index >= 15 is 0 Å². The number of rotatable bonds is 5. The first-order valence-corrected chi connectivity index (χ1v) is 9.90. The van der Waals surface area contributed by atoms with Crippen LogP contribution in [0.4, 0.5) is 0 Å². The number of para-hydroxylation sites is 1. The fraction of sp³-hybridized carbons (Fsp3) is 0.391. The number of carbonyl (C=O) groups is 1. The van der Waals surface area contributed by atoms with Crippen LogP contribution in [0.1, 0.15) is 43.2 Å². The van der Waals surface area contributed by atoms with Crippen LogP contribution in [0.3, 0.4) is 0 Å². The lowest BCUT2D eigenvalue weighted by Crippen LogP contribution is -2.38. The molecule has 1 aliphatic heterocycles. The molecule has 0 atom stereocenters. The molecule has 1 fully saturated rings. The first-order valence-electron chi connectivity index (χ1n) is 9.90. The molecule has 1 aromatic heterocycles. The van der Waals surface area contributed by atoms with Gasteiger partial charge < -0.3 is 9.64 Å². The average Bonchev–Trinajstić information content (AvgIpc) is 2.74. The molecular formula is C23H26N2O2. The van der Waals surface area contributed by atoms with E-state index in [1.165, 1.54) is 32.1 Å². The van der Waals surface area contributed by atoms with Gasteiger partial charge in [0.05, 0.1) is 5.57 Å². The van der Waals surface area contributed by atoms with Crippen molar-refractivity contribution in [2.45, 2.75) is 38.6 Å². The molecule has 2 aromatic rings. The van der Waals surface area contributed by atoms with Crippen molar-refractivity contribution in [3.05, 3.63) is 65.5 Å². The van der Waals surface area contributed by atoms with E-state index in [0.29, 0.717) is 19.1 Å². The molecule has 4 nitrogen and oxygen atoms in total. The van der Waals surface area contributed by atoms with Gasteiger partial charge in [0.25, 0.3) is 5.91 Å². The van der Waals surface area contributed by atoms with E-state index in [2.05, 4.69) is 4.98 Å². The number of aromatic nitrogens is 1. The van der Waals surface area contributed by atoms with E-state index in [4.69, 9.17) is 4.74 Å². The SMILES string of the molecule is O=C(C1=Cc2ccccc2OC1)N(Cc1cccnc1)CC1CCCCC1. The largest absolute Gasteiger partial charge is 0.488 e. The Morgan fingerprint density at radius 1 is 1.11 bits per heavy atom. The molecule has 4 heteroatoms. The molecule has 0 saturated heterocycles. The predicted molar refractivity (Wildman–Crippen MR) is 106 cm³/mol. The maximum absolute atomic E-state index is 13.3. The van der Waals surface area contributed by atoms with Crippen LogP contribution in [0.25, 0.3) is 6.08 Å². The van der Waals surface area contributed by atoms with Crippen molar-refractivity contribution in [2.24, 2.45) is 5.92 Å². The van der Waals surface area contributed by atoms with Gasteiger partial charge in [-0.2, -0.15) is 0 Å². The fourth-order valence-electron chi connectivity index (χ4n) is 4.06. The summed E-state index contributed by atoms with van der Waals surface area (Å²) in [5.74, 6) is 1.52. The van der Waals surface area contributed by atoms with Crippen LogP contribution in [0.15, 0.2) is 54.4 Å². The number of ether oxygens (including phenoxy) is 1. The second-order valence-corrected chi connectivity index (χ2v) is 7.55. The van der Waals surface area contributed by atoms with Gasteiger partial charge in [0.1, 0.15) is 12.4 Å². The highest BCUT2D eigenvalue weighted by Gasteiger charge is 2.25. The van der Waals surface area contributed by atoms with Crippen molar-refractivity contribution in [1.29, 1.82) is 0 Å². The Morgan fingerprint density at radius 3 is 2.78 bits per heavy atom. The second-order valence-electron chi connectivity index (χ2n) is 7.55. The lowest BCUT2D eigenvalue weighted by molar-refractivity contribution is -0.128. The number of amides is 1. The van der Waals surface area contributed by atoms with Gasteiger partial charge in [0.15, 0.2) is 0 Å². The van der Waals surface area contributed by atoms with Gasteiger partial charge >= 0.3 is 0 Å². The number of hydrogen-bond acceptors (Lipinski definition) is 3. The summed E-state index contributed by atoms with van der Waals surface area (Å²) in [6.07, 6.45) is 11.9. The summed E-state index contributed by atoms with van der Waals surface area (Å²) >= 11 is 0. The molecule has 2 heterocycles. The first-order chi connectivity index (χ1) is 13.3. The minimum absolute atomic E-state index is 0.0823. The van der Waals surface area contributed by atoms with Crippen molar-refractivity contribution < 1.29 is 9.53 Å². The highest BCUT2D eigenvalue weighted by atomic mass is 16.5. The maximum atomic E-state index is 13.3. The predicted octanol–water partition coefficient (Wildman–Crippen LogP) is 4.47. The molecule has 1 saturated carbocycles. The number of hydrogen-bond donors (Lipinski definition) is 0. The van der Waals surface area contributed by atoms with Gasteiger partial charge in [-0.3, -0.25) is 9.78 Å². The fourth-order valence-corrected chi connectivity index (χ4v) is 4.06. The molecular weight excluding hydrogens is 336 g/mol. The molecule has 0 radical (unpaired) electrons. The van der Waals surface area contributed by atoms with E-state index in [9.17, 15) is 4.79 Å². The summed E-state index contributed by atoms with van der Waals surface area (Å²) in [5, 5.41) is 0. The van der Waals surface area contributed by atoms with Crippen molar-refractivity contribution in [3.8, 4) is 5.75 Å². The zero-order chi connectivity index (χ0) is 18.5. The standard InChI is InChI=1S/C23H26N2O2/c26-23(21-13-20-10-4-5-11-22(20)27-17-21)25(15-18-7-2-1-3-8-18)16-19-9-6-12-24-14-19/h4-6,9-14,18H,1-3,7-8,15-17H2. The summed E-state index contributed by atoms with van der Waals surface area (Å²) in [7, 11) is 0. The molecule has 2 aliphatic rings. The monoisotopic (exact) mass is 362 g/mol. The summed E-state index contributed by atoms with van der Waals surface area (Å²) < 4.78 is 5.82. The van der Waals surface area contributed by atoms with Gasteiger partial charge in [-0.15, -0.1) is 0 Å². The van der Waals surface area contributed by atoms with Crippen LogP contribution < -0.4 is 4.74 Å². The minimum atomic E-state index is 0.0823. The van der Waals surface area contributed by atoms with Crippen LogP contribution >= 0.6 is 0 Å². The molecule has 0 spiro atoms. The Labute approximate surface area is 160 Å². The summed E-state index contributed by atoms with van der Waals surface area (Å²) in [6, 6.07) is 11.8. The highest BCUT2D eigenvalue weighted by molar-refractivity contribution is 5.99. The van der Waals surface area contributed by atoms with E-state index in [0.717, 1.165) is 29.0 Å². The number of nitrogens with zero attached hydrogens (tertiary/aromatic N) is 2. The summed E-state index contributed by atoms with van der Waals surface area (Å²) in [5.41, 5.74) is 2.78. The van der Waals surface area contributed by atoms with Crippen molar-refractivity contribution in [1.82, 2.24) is 9.88 Å². The number of pyridine rings is 1. The summed E-state index contributed by atoms with van der Waals surface area (Å²) in [6.45, 7) is 1.75. The van der Waals surface area contributed by atoms with Crippen molar-refractivity contribution >= 4 is 12.0 Å². The summed E-state index contributed by atoms with van der Waals surface area (Å²) in [4.78, 5) is 19.5. The smallest absolute Gasteiger partial charge is 0.253 e. The van der Waals surface area contributed by atoms with E-state index in [1.54, 1.807) is 6.20 Å². The Kier molecular flexibility index (Phi) is 5.52. The lowest BCUT2D eigenvalue weighted by atomic mass is 9.88. The van der Waals surface area contributed by atoms with Crippen LogP contribution in [0, 0.1) is 5.92 Å². The molecule has 4 rings (SSSR count). The average molecular weight is 362 g/mol. The molecule has 140 valence electrons. The number of fused-ring (bicyclic) bond motifs is 1. The highest BCUT2D eigenvalue weighted by Crippen LogP contribution is 2.29. The van der Waals surface area contributed by atoms with Gasteiger partial charge in [0, 0.05) is 31.0 Å². The van der Waals surface area contributed by atoms with Gasteiger partial charge in [-0.1, -0.05) is 43.5 Å². The molecule has 1 aromatic carbocycles. The quantitative estimate of drug-likeness (QED) is 0.788. The maximum Gasteiger partial charge on any atom is 0.253 e. The van der Waals surface area contributed by atoms with E-state index in [1.807, 2.05) is 53.6 Å². The molecule has 0 bridgehead atoms. The second kappa shape index (κ2) is 8.38. The Hall–Kier alpha value is -2.62. The van der Waals surface area contributed by atoms with Crippen LogP contribution in [-0.2, 0) is 11.3 Å². The van der Waals surface area contributed by atoms with E-state index in [-0.39, 0.29) is 5.91 Å². The normalized spacial score (nSPS) is 16.8. The Bertz CT molecular complexity index is 810. The molecule has 0 unspecified atom stereocenters. The van der Waals surface area contributed by atoms with Crippen molar-refractivity contribution in [2.75, 3.05) is 13.2 Å². The molecule has 1 aliphatic carbocycles. The third kappa shape index (κ3) is 4.38. The van der Waals surface area contributed by atoms with Crippen LogP contribution in [-0.4, -0.2) is 28.9 Å². The first kappa shape index (κ1) is 17.8. The van der Waals surface area contributed by atoms with Gasteiger partial charge in [0.2, 0.25) is 0 Å². The molecule has 1 amide bonds. The third-order valence-corrected chi connectivity index (χ3v) is 5.49. The number of benzene rings is 1. The lowest BCUT2D eigenvalue weighted by Gasteiger charge is -2.31. The van der Waals surface area contributed by atoms with Crippen molar-refractivity contribution in [3.63, 3.8) is 0 Å². The van der Waals surface area contributed by atoms with Crippen LogP contribution in [0.5, 0.6) is 5.75 Å². The van der Waals surface area contributed by atoms with E-state index < -0.39 is 0 Å². The van der Waals surface area contributed by atoms with Crippen LogP contribution in [0.2, 0.25) is 0 Å². The van der Waals surface area contributed by atoms with Gasteiger partial charge in [-0.25, -0.2) is 0 Å². The zero-order valence-corrected chi connectivity index (χ0v) is 15.6. The zero-order valence-electron chi connectivity index (χ0n) is 15.6. The molecule has 0 N–H and O–H groups in total. The topological polar surface area (TPSA) is 42.4 Å². The van der Waals surface area contributed by atoms with Gasteiger partial charge in [-0.05, 0) is 42.5 Å². The number of carbonyl (C=O) groups excluding carboxylic acids is 1. The Balaban J connectivity index is 1.55. The molecule has 27 heavy (non-hydrogen) atoms. The third-order valence-electron chi connectivity index (χ3n) is 5.49.